The Morgan fingerprint density at radius 2 is 2.20 bits per heavy atom. The molecule has 0 aliphatic heterocycles. The largest absolute Gasteiger partial charge is 0.309 e. The number of hydrogen-bond acceptors (Lipinski definition) is 2. The van der Waals surface area contributed by atoms with Crippen LogP contribution in [0, 0.1) is 5.82 Å². The van der Waals surface area contributed by atoms with E-state index in [1.807, 2.05) is 13.0 Å². The van der Waals surface area contributed by atoms with Crippen LogP contribution >= 0.6 is 27.5 Å². The van der Waals surface area contributed by atoms with E-state index < -0.39 is 0 Å². The molecule has 20 heavy (non-hydrogen) atoms. The van der Waals surface area contributed by atoms with Crippen LogP contribution in [0.25, 0.3) is 0 Å². The van der Waals surface area contributed by atoms with Gasteiger partial charge in [0.25, 0.3) is 0 Å². The van der Waals surface area contributed by atoms with Gasteiger partial charge in [-0.3, -0.25) is 4.98 Å². The highest BCUT2D eigenvalue weighted by atomic mass is 79.9. The first-order valence-electron chi connectivity index (χ1n) is 6.39. The molecule has 1 N–H and O–H groups in total. The molecule has 0 bridgehead atoms. The number of aromatic nitrogens is 1. The van der Waals surface area contributed by atoms with E-state index in [-0.39, 0.29) is 11.9 Å². The molecule has 0 aliphatic carbocycles. The lowest BCUT2D eigenvalue weighted by atomic mass is 10.0. The van der Waals surface area contributed by atoms with Gasteiger partial charge >= 0.3 is 0 Å². The Balaban J connectivity index is 2.28. The van der Waals surface area contributed by atoms with E-state index in [1.54, 1.807) is 24.4 Å². The second kappa shape index (κ2) is 7.16. The molecule has 1 aromatic heterocycles. The quantitative estimate of drug-likeness (QED) is 0.850. The van der Waals surface area contributed by atoms with Crippen LogP contribution in [-0.4, -0.2) is 11.5 Å². The van der Waals surface area contributed by atoms with Gasteiger partial charge in [0.1, 0.15) is 5.82 Å². The first-order chi connectivity index (χ1) is 9.61. The highest BCUT2D eigenvalue weighted by Gasteiger charge is 2.17. The fourth-order valence-corrected chi connectivity index (χ4v) is 2.66. The van der Waals surface area contributed by atoms with Gasteiger partial charge in [-0.05, 0) is 42.8 Å². The summed E-state index contributed by atoms with van der Waals surface area (Å²) in [5, 5.41) is 3.90. The fraction of sp³-hybridized carbons (Fsp3) is 0.267. The minimum absolute atomic E-state index is 0.107. The summed E-state index contributed by atoms with van der Waals surface area (Å²) >= 11 is 9.44. The Morgan fingerprint density at radius 3 is 2.85 bits per heavy atom. The van der Waals surface area contributed by atoms with Crippen molar-refractivity contribution in [1.82, 2.24) is 10.3 Å². The monoisotopic (exact) mass is 356 g/mol. The van der Waals surface area contributed by atoms with Crippen molar-refractivity contribution >= 4 is 27.5 Å². The van der Waals surface area contributed by atoms with E-state index in [9.17, 15) is 4.39 Å². The molecule has 1 aromatic carbocycles. The fourth-order valence-electron chi connectivity index (χ4n) is 2.07. The molecule has 0 saturated carbocycles. The summed E-state index contributed by atoms with van der Waals surface area (Å²) in [4.78, 5) is 4.31. The van der Waals surface area contributed by atoms with Crippen LogP contribution in [0.3, 0.4) is 0 Å². The van der Waals surface area contributed by atoms with Crippen molar-refractivity contribution in [1.29, 1.82) is 0 Å². The molecule has 0 spiro atoms. The Labute approximate surface area is 131 Å². The third-order valence-electron chi connectivity index (χ3n) is 3.01. The lowest BCUT2D eigenvalue weighted by molar-refractivity contribution is 0.518. The number of nitrogens with zero attached hydrogens (tertiary/aromatic N) is 1. The summed E-state index contributed by atoms with van der Waals surface area (Å²) in [7, 11) is 0. The van der Waals surface area contributed by atoms with Crippen molar-refractivity contribution in [2.75, 3.05) is 6.54 Å². The van der Waals surface area contributed by atoms with Gasteiger partial charge < -0.3 is 5.32 Å². The summed E-state index contributed by atoms with van der Waals surface area (Å²) in [6.07, 6.45) is 2.20. The molecule has 1 atom stereocenters. The zero-order valence-electron chi connectivity index (χ0n) is 11.0. The van der Waals surface area contributed by atoms with Crippen LogP contribution in [0.4, 0.5) is 4.39 Å². The maximum absolute atomic E-state index is 14.0. The molecule has 0 amide bonds. The van der Waals surface area contributed by atoms with E-state index in [4.69, 9.17) is 11.6 Å². The number of likely N-dealkylation sites (N-methyl/N-ethyl adjacent to an activating group) is 1. The van der Waals surface area contributed by atoms with E-state index in [1.165, 1.54) is 6.07 Å². The van der Waals surface area contributed by atoms with Crippen molar-refractivity contribution < 1.29 is 4.39 Å². The number of pyridine rings is 1. The SMILES string of the molecule is CCNC(Cc1ccc(Br)cc1F)c1ncccc1Cl. The van der Waals surface area contributed by atoms with Gasteiger partial charge in [0, 0.05) is 10.7 Å². The lowest BCUT2D eigenvalue weighted by Gasteiger charge is -2.19. The van der Waals surface area contributed by atoms with Crippen LogP contribution in [0.1, 0.15) is 24.2 Å². The number of halogens is 3. The minimum atomic E-state index is -0.227. The Bertz CT molecular complexity index is 592. The maximum Gasteiger partial charge on any atom is 0.127 e. The normalized spacial score (nSPS) is 12.4. The van der Waals surface area contributed by atoms with Crippen molar-refractivity contribution in [3.05, 3.63) is 63.1 Å². The molecule has 2 nitrogen and oxygen atoms in total. The smallest absolute Gasteiger partial charge is 0.127 e. The number of nitrogens with one attached hydrogen (secondary N) is 1. The van der Waals surface area contributed by atoms with Crippen LogP contribution in [0.5, 0.6) is 0 Å². The summed E-state index contributed by atoms with van der Waals surface area (Å²) in [5.41, 5.74) is 1.39. The van der Waals surface area contributed by atoms with Gasteiger partial charge in [-0.1, -0.05) is 40.5 Å². The van der Waals surface area contributed by atoms with Gasteiger partial charge in [0.15, 0.2) is 0 Å². The molecular weight excluding hydrogens is 343 g/mol. The van der Waals surface area contributed by atoms with Crippen molar-refractivity contribution in [3.63, 3.8) is 0 Å². The van der Waals surface area contributed by atoms with Crippen molar-refractivity contribution in [3.8, 4) is 0 Å². The second-order valence-electron chi connectivity index (χ2n) is 4.42. The van der Waals surface area contributed by atoms with Crippen LogP contribution in [0.15, 0.2) is 41.0 Å². The highest BCUT2D eigenvalue weighted by Crippen LogP contribution is 2.25. The molecule has 1 heterocycles. The summed E-state index contributed by atoms with van der Waals surface area (Å²) < 4.78 is 14.7. The van der Waals surface area contributed by atoms with E-state index in [0.717, 1.165) is 16.7 Å². The van der Waals surface area contributed by atoms with Crippen molar-refractivity contribution in [2.45, 2.75) is 19.4 Å². The van der Waals surface area contributed by atoms with Gasteiger partial charge in [-0.15, -0.1) is 0 Å². The third-order valence-corrected chi connectivity index (χ3v) is 3.82. The summed E-state index contributed by atoms with van der Waals surface area (Å²) in [6.45, 7) is 2.76. The number of rotatable bonds is 5. The van der Waals surface area contributed by atoms with E-state index in [2.05, 4.69) is 26.2 Å². The first-order valence-corrected chi connectivity index (χ1v) is 7.56. The van der Waals surface area contributed by atoms with Gasteiger partial charge in [-0.2, -0.15) is 0 Å². The predicted octanol–water partition coefficient (Wildman–Crippen LogP) is 4.53. The van der Waals surface area contributed by atoms with Gasteiger partial charge in [0.2, 0.25) is 0 Å². The Kier molecular flexibility index (Phi) is 5.52. The highest BCUT2D eigenvalue weighted by molar-refractivity contribution is 9.10. The molecule has 0 fully saturated rings. The zero-order chi connectivity index (χ0) is 14.5. The van der Waals surface area contributed by atoms with E-state index >= 15 is 0 Å². The molecule has 0 radical (unpaired) electrons. The molecule has 2 aromatic rings. The average molecular weight is 358 g/mol. The second-order valence-corrected chi connectivity index (χ2v) is 5.74. The first kappa shape index (κ1) is 15.4. The maximum atomic E-state index is 14.0. The summed E-state index contributed by atoms with van der Waals surface area (Å²) in [5.74, 6) is -0.227. The molecule has 0 aliphatic rings. The van der Waals surface area contributed by atoms with Crippen LogP contribution < -0.4 is 5.32 Å². The Morgan fingerprint density at radius 1 is 1.40 bits per heavy atom. The minimum Gasteiger partial charge on any atom is -0.309 e. The molecule has 5 heteroatoms. The molecular formula is C15H15BrClFN2. The summed E-state index contributed by atoms with van der Waals surface area (Å²) in [6, 6.07) is 8.56. The van der Waals surface area contributed by atoms with Crippen LogP contribution in [0.2, 0.25) is 5.02 Å². The molecule has 0 saturated heterocycles. The van der Waals surface area contributed by atoms with E-state index in [0.29, 0.717) is 17.0 Å². The third kappa shape index (κ3) is 3.78. The lowest BCUT2D eigenvalue weighted by Crippen LogP contribution is -2.24. The average Bonchev–Trinajstić information content (AvgIpc) is 2.42. The Hall–Kier alpha value is -0.970. The number of benzene rings is 1. The van der Waals surface area contributed by atoms with Crippen LogP contribution in [-0.2, 0) is 6.42 Å². The molecule has 1 unspecified atom stereocenters. The molecule has 106 valence electrons. The number of hydrogen-bond donors (Lipinski definition) is 1. The van der Waals surface area contributed by atoms with Crippen molar-refractivity contribution in [2.24, 2.45) is 0 Å². The van der Waals surface area contributed by atoms with Gasteiger partial charge in [0.05, 0.1) is 16.8 Å². The standard InChI is InChI=1S/C15H15BrClFN2/c1-2-19-14(15-12(17)4-3-7-20-15)8-10-5-6-11(16)9-13(10)18/h3-7,9,14,19H,2,8H2,1H3. The molecule has 2 rings (SSSR count). The zero-order valence-corrected chi connectivity index (χ0v) is 13.4. The topological polar surface area (TPSA) is 24.9 Å². The predicted molar refractivity (Wildman–Crippen MR) is 83.5 cm³/mol. The van der Waals surface area contributed by atoms with Gasteiger partial charge in [-0.25, -0.2) is 4.39 Å².